The molecule has 134 valence electrons. The van der Waals surface area contributed by atoms with Gasteiger partial charge in [0, 0.05) is 25.2 Å². The zero-order valence-corrected chi connectivity index (χ0v) is 15.4. The maximum atomic E-state index is 11.6. The zero-order chi connectivity index (χ0) is 17.1. The van der Waals surface area contributed by atoms with E-state index >= 15 is 0 Å². The number of nitrogens with one attached hydrogen (secondary N) is 1. The minimum absolute atomic E-state index is 0.177. The molecule has 1 aliphatic heterocycles. The molecule has 1 aliphatic carbocycles. The number of methoxy groups -OCH3 is 1. The highest BCUT2D eigenvalue weighted by atomic mass is 35.5. The Morgan fingerprint density at radius 2 is 2.04 bits per heavy atom. The van der Waals surface area contributed by atoms with Crippen molar-refractivity contribution in [1.29, 1.82) is 0 Å². The lowest BCUT2D eigenvalue weighted by Crippen LogP contribution is -2.50. The van der Waals surface area contributed by atoms with Crippen molar-refractivity contribution in [2.45, 2.75) is 56.7 Å². The van der Waals surface area contributed by atoms with Crippen molar-refractivity contribution in [2.24, 2.45) is 0 Å². The molecule has 2 fully saturated rings. The summed E-state index contributed by atoms with van der Waals surface area (Å²) in [6.45, 7) is 1.95. The first-order valence-electron chi connectivity index (χ1n) is 8.51. The summed E-state index contributed by atoms with van der Waals surface area (Å²) in [7, 11) is 1.33. The third-order valence-corrected chi connectivity index (χ3v) is 6.33. The van der Waals surface area contributed by atoms with Crippen molar-refractivity contribution in [2.75, 3.05) is 25.5 Å². The van der Waals surface area contributed by atoms with E-state index in [0.29, 0.717) is 22.1 Å². The molecular formula is C16H24ClN3O3S. The molecule has 1 saturated carbocycles. The molecular weight excluding hydrogens is 350 g/mol. The Kier molecular flexibility index (Phi) is 5.97. The van der Waals surface area contributed by atoms with E-state index in [0.717, 1.165) is 45.2 Å². The molecule has 24 heavy (non-hydrogen) atoms. The molecule has 2 heterocycles. The van der Waals surface area contributed by atoms with Crippen molar-refractivity contribution in [1.82, 2.24) is 9.88 Å². The summed E-state index contributed by atoms with van der Waals surface area (Å²) >= 11 is 7.23. The molecule has 1 aromatic heterocycles. The van der Waals surface area contributed by atoms with Crippen LogP contribution in [0.2, 0.25) is 5.15 Å². The van der Waals surface area contributed by atoms with Crippen LogP contribution in [-0.4, -0.2) is 59.3 Å². The first kappa shape index (κ1) is 17.9. The number of hydrogen-bond acceptors (Lipinski definition) is 7. The molecule has 2 aliphatic rings. The summed E-state index contributed by atoms with van der Waals surface area (Å²) in [4.78, 5) is 18.6. The minimum Gasteiger partial charge on any atom is -0.465 e. The number of anilines is 1. The molecule has 8 heteroatoms. The first-order valence-corrected chi connectivity index (χ1v) is 9.71. The Hall–Kier alpha value is -0.890. The van der Waals surface area contributed by atoms with E-state index in [1.807, 2.05) is 0 Å². The fourth-order valence-electron chi connectivity index (χ4n) is 3.65. The van der Waals surface area contributed by atoms with E-state index in [1.54, 1.807) is 0 Å². The highest BCUT2D eigenvalue weighted by Crippen LogP contribution is 2.30. The molecule has 0 spiro atoms. The number of likely N-dealkylation sites (tertiary alicyclic amines) is 1. The van der Waals surface area contributed by atoms with Crippen LogP contribution in [0.25, 0.3) is 0 Å². The lowest BCUT2D eigenvalue weighted by atomic mass is 9.89. The van der Waals surface area contributed by atoms with Crippen LogP contribution >= 0.6 is 22.9 Å². The second kappa shape index (κ2) is 7.99. The largest absolute Gasteiger partial charge is 0.465 e. The molecule has 1 saturated heterocycles. The quantitative estimate of drug-likeness (QED) is 0.790. The summed E-state index contributed by atoms with van der Waals surface area (Å²) < 4.78 is 4.70. The van der Waals surface area contributed by atoms with Crippen LogP contribution < -0.4 is 5.32 Å². The van der Waals surface area contributed by atoms with Crippen LogP contribution in [-0.2, 0) is 4.74 Å². The van der Waals surface area contributed by atoms with Gasteiger partial charge in [-0.05, 0) is 25.7 Å². The normalized spacial score (nSPS) is 26.3. The number of aromatic nitrogens is 1. The van der Waals surface area contributed by atoms with Crippen molar-refractivity contribution < 1.29 is 14.6 Å². The number of esters is 1. The van der Waals surface area contributed by atoms with Gasteiger partial charge in [-0.1, -0.05) is 35.8 Å². The molecule has 1 aromatic rings. The van der Waals surface area contributed by atoms with Gasteiger partial charge in [-0.25, -0.2) is 9.78 Å². The number of carbonyl (C=O) groups is 1. The first-order chi connectivity index (χ1) is 11.6. The van der Waals surface area contributed by atoms with E-state index in [4.69, 9.17) is 16.3 Å². The van der Waals surface area contributed by atoms with Gasteiger partial charge in [-0.2, -0.15) is 0 Å². The molecule has 2 atom stereocenters. The number of aliphatic hydroxyl groups excluding tert-OH is 1. The average molecular weight is 374 g/mol. The van der Waals surface area contributed by atoms with Crippen LogP contribution in [0.5, 0.6) is 0 Å². The zero-order valence-electron chi connectivity index (χ0n) is 13.8. The van der Waals surface area contributed by atoms with Gasteiger partial charge in [0.05, 0.1) is 13.2 Å². The van der Waals surface area contributed by atoms with Gasteiger partial charge in [-0.3, -0.25) is 4.90 Å². The Balaban J connectivity index is 1.53. The van der Waals surface area contributed by atoms with Crippen molar-refractivity contribution >= 4 is 34.0 Å². The standard InChI is InChI=1S/C16H24ClN3O3S/c1-23-15(22)13-14(17)19-16(24-13)18-10-6-8-20(9-7-10)11-4-2-3-5-12(11)21/h10-12,21H,2-9H2,1H3,(H,18,19). The second-order valence-corrected chi connectivity index (χ2v) is 7.86. The monoisotopic (exact) mass is 373 g/mol. The van der Waals surface area contributed by atoms with E-state index < -0.39 is 5.97 Å². The van der Waals surface area contributed by atoms with Crippen molar-refractivity contribution in [3.8, 4) is 0 Å². The van der Waals surface area contributed by atoms with E-state index in [2.05, 4.69) is 15.2 Å². The Labute approximate surface area is 151 Å². The van der Waals surface area contributed by atoms with Gasteiger partial charge in [0.25, 0.3) is 0 Å². The summed E-state index contributed by atoms with van der Waals surface area (Å²) in [6, 6.07) is 0.634. The fraction of sp³-hybridized carbons (Fsp3) is 0.750. The number of halogens is 1. The maximum absolute atomic E-state index is 11.6. The van der Waals surface area contributed by atoms with Crippen LogP contribution in [0, 0.1) is 0 Å². The highest BCUT2D eigenvalue weighted by Gasteiger charge is 2.31. The number of aliphatic hydroxyl groups is 1. The van der Waals surface area contributed by atoms with Gasteiger partial charge in [0.1, 0.15) is 0 Å². The predicted octanol–water partition coefficient (Wildman–Crippen LogP) is 2.76. The minimum atomic E-state index is -0.452. The second-order valence-electron chi connectivity index (χ2n) is 6.50. The third-order valence-electron chi connectivity index (χ3n) is 4.98. The summed E-state index contributed by atoms with van der Waals surface area (Å²) in [5, 5.41) is 14.4. The Morgan fingerprint density at radius 3 is 2.71 bits per heavy atom. The summed E-state index contributed by atoms with van der Waals surface area (Å²) in [5.41, 5.74) is 0. The Morgan fingerprint density at radius 1 is 1.33 bits per heavy atom. The SMILES string of the molecule is COC(=O)c1sc(NC2CCN(C3CCCCC3O)CC2)nc1Cl. The molecule has 2 N–H and O–H groups in total. The number of hydrogen-bond donors (Lipinski definition) is 2. The van der Waals surface area contributed by atoms with Crippen molar-refractivity contribution in [3.05, 3.63) is 10.0 Å². The smallest absolute Gasteiger partial charge is 0.351 e. The number of thiazole rings is 1. The fourth-order valence-corrected chi connectivity index (χ4v) is 4.83. The lowest BCUT2D eigenvalue weighted by molar-refractivity contribution is 0.00993. The molecule has 3 rings (SSSR count). The van der Waals surface area contributed by atoms with E-state index in [9.17, 15) is 9.90 Å². The van der Waals surface area contributed by atoms with Gasteiger partial charge in [0.15, 0.2) is 15.2 Å². The average Bonchev–Trinajstić information content (AvgIpc) is 2.96. The Bertz CT molecular complexity index is 575. The van der Waals surface area contributed by atoms with E-state index in [1.165, 1.54) is 24.9 Å². The van der Waals surface area contributed by atoms with Crippen LogP contribution in [0.15, 0.2) is 0 Å². The highest BCUT2D eigenvalue weighted by molar-refractivity contribution is 7.18. The number of carbonyl (C=O) groups excluding carboxylic acids is 1. The summed E-state index contributed by atoms with van der Waals surface area (Å²) in [5.74, 6) is -0.452. The number of nitrogens with zero attached hydrogens (tertiary/aromatic N) is 2. The molecule has 2 unspecified atom stereocenters. The number of ether oxygens (including phenoxy) is 1. The topological polar surface area (TPSA) is 74.7 Å². The van der Waals surface area contributed by atoms with Gasteiger partial charge in [0.2, 0.25) is 0 Å². The van der Waals surface area contributed by atoms with E-state index in [-0.39, 0.29) is 11.3 Å². The molecule has 0 amide bonds. The van der Waals surface area contributed by atoms with Crippen LogP contribution in [0.1, 0.15) is 48.2 Å². The number of rotatable bonds is 4. The maximum Gasteiger partial charge on any atom is 0.351 e. The number of piperidine rings is 1. The van der Waals surface area contributed by atoms with Gasteiger partial charge < -0.3 is 15.2 Å². The lowest BCUT2D eigenvalue weighted by Gasteiger charge is -2.41. The van der Waals surface area contributed by atoms with Gasteiger partial charge >= 0.3 is 5.97 Å². The molecule has 0 aromatic carbocycles. The molecule has 0 bridgehead atoms. The van der Waals surface area contributed by atoms with Crippen LogP contribution in [0.3, 0.4) is 0 Å². The van der Waals surface area contributed by atoms with Crippen molar-refractivity contribution in [3.63, 3.8) is 0 Å². The summed E-state index contributed by atoms with van der Waals surface area (Å²) in [6.07, 6.45) is 6.20. The molecule has 0 radical (unpaired) electrons. The predicted molar refractivity (Wildman–Crippen MR) is 94.9 cm³/mol. The van der Waals surface area contributed by atoms with Crippen LogP contribution in [0.4, 0.5) is 5.13 Å². The molecule has 6 nitrogen and oxygen atoms in total. The van der Waals surface area contributed by atoms with Gasteiger partial charge in [-0.15, -0.1) is 0 Å². The third kappa shape index (κ3) is 4.02.